The number of alkyl carbamates (subject to hydrolysis) is 2. The van der Waals surface area contributed by atoms with Crippen molar-refractivity contribution in [2.45, 2.75) is 128 Å². The summed E-state index contributed by atoms with van der Waals surface area (Å²) >= 11 is 2.94. The molecule has 57 heavy (non-hydrogen) atoms. The lowest BCUT2D eigenvalue weighted by atomic mass is 10.2. The number of benzene rings is 2. The molecule has 0 radical (unpaired) electrons. The average Bonchev–Trinajstić information content (AvgIpc) is 3.87. The molecule has 2 saturated carbocycles. The van der Waals surface area contributed by atoms with Gasteiger partial charge in [0.1, 0.15) is 49.6 Å². The number of amides is 2. The maximum absolute atomic E-state index is 12.2. The first kappa shape index (κ1) is 45.9. The molecular formula is C40H55BrN2O14. The van der Waals surface area contributed by atoms with Crippen LogP contribution in [0.5, 0.6) is 0 Å². The molecule has 6 rings (SSSR count). The Labute approximate surface area is 341 Å². The van der Waals surface area contributed by atoms with Gasteiger partial charge in [-0.25, -0.2) is 14.4 Å². The molecule has 316 valence electrons. The van der Waals surface area contributed by atoms with Crippen LogP contribution in [0.15, 0.2) is 60.7 Å². The van der Waals surface area contributed by atoms with E-state index in [1.54, 1.807) is 41.5 Å². The van der Waals surface area contributed by atoms with Gasteiger partial charge in [0, 0.05) is 0 Å². The molecule has 4 aliphatic rings. The summed E-state index contributed by atoms with van der Waals surface area (Å²) in [6, 6.07) is 18.2. The molecule has 17 heteroatoms. The topological polar surface area (TPSA) is 196 Å². The molecule has 8 atom stereocenters. The molecule has 16 nitrogen and oxygen atoms in total. The van der Waals surface area contributed by atoms with E-state index in [0.717, 1.165) is 11.1 Å². The zero-order valence-electron chi connectivity index (χ0n) is 33.2. The minimum atomic E-state index is -0.796. The van der Waals surface area contributed by atoms with Crippen LogP contribution in [0.2, 0.25) is 0 Å². The minimum absolute atomic E-state index is 0.170. The fourth-order valence-electron chi connectivity index (χ4n) is 6.74. The van der Waals surface area contributed by atoms with Crippen LogP contribution < -0.4 is 10.6 Å². The first-order chi connectivity index (χ1) is 27.1. The Bertz CT molecular complexity index is 1580. The Morgan fingerprint density at radius 2 is 1.11 bits per heavy atom. The fraction of sp³-hybridized carbons (Fsp3) is 0.600. The molecule has 0 spiro atoms. The standard InChI is InChI=1S/C20H27NO7.C16H21NO5.C4H7BrO2/c1-4-24-16(22)12-25-15-10-14(17-18(15)28-20(2,3)27-17)21-19(23)26-11-13-8-6-5-7-9-13;1-16(2)21-13-11(8-12(18)14(13)22-16)17-15(19)20-9-10-6-4-3-5-7-10;1-2-7-4(6)3-5/h5-9,14-15,17-18H,4,10-12H2,1-3H3,(H,21,23);3-7,11-14,18H,8-9H2,1-2H3,(H,17,19);2-3H2,1H3/t14-,15+,17+,18-;11-,12+,13+,14-;/m11./s1. The van der Waals surface area contributed by atoms with Gasteiger partial charge in [0.25, 0.3) is 0 Å². The summed E-state index contributed by atoms with van der Waals surface area (Å²) in [7, 11) is 0. The van der Waals surface area contributed by atoms with Crippen molar-refractivity contribution in [2.75, 3.05) is 25.2 Å². The highest BCUT2D eigenvalue weighted by Crippen LogP contribution is 2.40. The predicted molar refractivity (Wildman–Crippen MR) is 207 cm³/mol. The zero-order valence-corrected chi connectivity index (χ0v) is 34.8. The van der Waals surface area contributed by atoms with E-state index in [-0.39, 0.29) is 56.2 Å². The first-order valence-corrected chi connectivity index (χ1v) is 20.1. The van der Waals surface area contributed by atoms with Crippen molar-refractivity contribution in [2.24, 2.45) is 0 Å². The number of halogens is 1. The number of rotatable bonds is 12. The van der Waals surface area contributed by atoms with Gasteiger partial charge in [0.15, 0.2) is 11.6 Å². The smallest absolute Gasteiger partial charge is 0.407 e. The third-order valence-electron chi connectivity index (χ3n) is 9.01. The van der Waals surface area contributed by atoms with Crippen LogP contribution in [0.4, 0.5) is 9.59 Å². The second-order valence-electron chi connectivity index (χ2n) is 14.4. The van der Waals surface area contributed by atoms with E-state index in [1.165, 1.54) is 0 Å². The number of nitrogens with one attached hydrogen (secondary N) is 2. The number of fused-ring (bicyclic) bond motifs is 2. The molecule has 0 unspecified atom stereocenters. The van der Waals surface area contributed by atoms with Crippen molar-refractivity contribution in [3.63, 3.8) is 0 Å². The Balaban J connectivity index is 0.000000221. The number of esters is 2. The molecule has 2 saturated heterocycles. The van der Waals surface area contributed by atoms with Crippen LogP contribution in [-0.4, -0.2) is 115 Å². The lowest BCUT2D eigenvalue weighted by Crippen LogP contribution is -2.43. The number of ether oxygens (including phenoxy) is 9. The monoisotopic (exact) mass is 866 g/mol. The van der Waals surface area contributed by atoms with Crippen molar-refractivity contribution >= 4 is 40.1 Å². The van der Waals surface area contributed by atoms with E-state index in [0.29, 0.717) is 31.4 Å². The number of aliphatic hydroxyl groups excluding tert-OH is 1. The van der Waals surface area contributed by atoms with E-state index in [4.69, 9.17) is 37.9 Å². The third-order valence-corrected chi connectivity index (χ3v) is 9.47. The summed E-state index contributed by atoms with van der Waals surface area (Å²) in [5, 5.41) is 15.9. The Morgan fingerprint density at radius 3 is 1.58 bits per heavy atom. The number of carbonyl (C=O) groups is 4. The van der Waals surface area contributed by atoms with E-state index >= 15 is 0 Å². The van der Waals surface area contributed by atoms with Gasteiger partial charge < -0.3 is 58.4 Å². The Kier molecular flexibility index (Phi) is 17.5. The summed E-state index contributed by atoms with van der Waals surface area (Å²) < 4.78 is 48.9. The van der Waals surface area contributed by atoms with Gasteiger partial charge in [-0.15, -0.1) is 0 Å². The minimum Gasteiger partial charge on any atom is -0.465 e. The maximum atomic E-state index is 12.2. The van der Waals surface area contributed by atoms with Gasteiger partial charge in [0.05, 0.1) is 37.5 Å². The Morgan fingerprint density at radius 1 is 0.667 bits per heavy atom. The summed E-state index contributed by atoms with van der Waals surface area (Å²) in [6.07, 6.45) is -2.78. The van der Waals surface area contributed by atoms with Crippen LogP contribution in [0, 0.1) is 0 Å². The van der Waals surface area contributed by atoms with E-state index in [1.807, 2.05) is 60.7 Å². The summed E-state index contributed by atoms with van der Waals surface area (Å²) in [6.45, 7) is 11.7. The van der Waals surface area contributed by atoms with E-state index in [9.17, 15) is 24.3 Å². The number of hydrogen-bond acceptors (Lipinski definition) is 14. The largest absolute Gasteiger partial charge is 0.465 e. The highest BCUT2D eigenvalue weighted by molar-refractivity contribution is 9.09. The lowest BCUT2D eigenvalue weighted by Gasteiger charge is -2.23. The number of carbonyl (C=O) groups excluding carboxylic acids is 4. The Hall–Kier alpha value is -3.84. The van der Waals surface area contributed by atoms with Crippen LogP contribution in [0.25, 0.3) is 0 Å². The predicted octanol–water partition coefficient (Wildman–Crippen LogP) is 4.66. The summed E-state index contributed by atoms with van der Waals surface area (Å²) in [5.74, 6) is -2.18. The molecule has 2 aromatic rings. The highest BCUT2D eigenvalue weighted by atomic mass is 79.9. The molecule has 2 heterocycles. The third kappa shape index (κ3) is 14.5. The van der Waals surface area contributed by atoms with Crippen LogP contribution in [-0.2, 0) is 65.4 Å². The zero-order chi connectivity index (χ0) is 41.6. The summed E-state index contributed by atoms with van der Waals surface area (Å²) in [4.78, 5) is 45.9. The first-order valence-electron chi connectivity index (χ1n) is 19.0. The molecule has 2 amide bonds. The maximum Gasteiger partial charge on any atom is 0.407 e. The number of alkyl halides is 1. The molecule has 3 N–H and O–H groups in total. The van der Waals surface area contributed by atoms with Crippen LogP contribution >= 0.6 is 15.9 Å². The quantitative estimate of drug-likeness (QED) is 0.151. The molecule has 0 aromatic heterocycles. The SMILES string of the molecule is CC1(C)O[C@@H]2[C@H](O1)[C@@H](O)C[C@H]2NC(=O)OCc1ccccc1.CCOC(=O)CBr.CCOC(=O)CO[C@H]1C[C@@H](NC(=O)OCc2ccccc2)[C@@H]2OC(C)(C)O[C@@H]21. The van der Waals surface area contributed by atoms with Crippen molar-refractivity contribution in [3.8, 4) is 0 Å². The second kappa shape index (κ2) is 21.8. The molecular weight excluding hydrogens is 812 g/mol. The van der Waals surface area contributed by atoms with Gasteiger partial charge >= 0.3 is 24.1 Å². The van der Waals surface area contributed by atoms with E-state index < -0.39 is 48.0 Å². The van der Waals surface area contributed by atoms with E-state index in [2.05, 4.69) is 31.3 Å². The van der Waals surface area contributed by atoms with Crippen LogP contribution in [0.1, 0.15) is 65.5 Å². The molecule has 0 bridgehead atoms. The molecule has 4 fully saturated rings. The van der Waals surface area contributed by atoms with Crippen LogP contribution in [0.3, 0.4) is 0 Å². The van der Waals surface area contributed by atoms with Gasteiger partial charge in [-0.1, -0.05) is 76.6 Å². The van der Waals surface area contributed by atoms with Gasteiger partial charge in [0.2, 0.25) is 0 Å². The van der Waals surface area contributed by atoms with Crippen molar-refractivity contribution in [1.82, 2.24) is 10.6 Å². The lowest BCUT2D eigenvalue weighted by molar-refractivity contribution is -0.172. The number of hydrogen-bond donors (Lipinski definition) is 3. The molecule has 2 aliphatic carbocycles. The fourth-order valence-corrected chi connectivity index (χ4v) is 6.91. The molecule has 2 aromatic carbocycles. The average molecular weight is 868 g/mol. The highest BCUT2D eigenvalue weighted by Gasteiger charge is 2.56. The second-order valence-corrected chi connectivity index (χ2v) is 14.9. The van der Waals surface area contributed by atoms with Crippen molar-refractivity contribution in [3.05, 3.63) is 71.8 Å². The molecule has 2 aliphatic heterocycles. The van der Waals surface area contributed by atoms with Gasteiger partial charge in [-0.2, -0.15) is 0 Å². The van der Waals surface area contributed by atoms with Crippen molar-refractivity contribution < 1.29 is 66.9 Å². The normalized spacial score (nSPS) is 27.2. The van der Waals surface area contributed by atoms with Gasteiger partial charge in [-0.05, 0) is 65.5 Å². The van der Waals surface area contributed by atoms with Gasteiger partial charge in [-0.3, -0.25) is 4.79 Å². The summed E-state index contributed by atoms with van der Waals surface area (Å²) in [5.41, 5.74) is 1.82. The number of aliphatic hydroxyl groups is 1. The van der Waals surface area contributed by atoms with Crippen molar-refractivity contribution in [1.29, 1.82) is 0 Å².